The molecule has 2 saturated carbocycles. The van der Waals surface area contributed by atoms with Crippen molar-refractivity contribution in [2.24, 2.45) is 5.92 Å². The minimum Gasteiger partial charge on any atom is -0.356 e. The Morgan fingerprint density at radius 2 is 2.05 bits per heavy atom. The Morgan fingerprint density at radius 1 is 1.25 bits per heavy atom. The number of nitrogens with zero attached hydrogens (tertiary/aromatic N) is 2. The average molecular weight is 277 g/mol. The number of carbonyl (C=O) groups excluding carboxylic acids is 1. The van der Waals surface area contributed by atoms with Gasteiger partial charge in [-0.25, -0.2) is 0 Å². The van der Waals surface area contributed by atoms with E-state index in [-0.39, 0.29) is 5.91 Å². The predicted octanol–water partition coefficient (Wildman–Crippen LogP) is 2.58. The van der Waals surface area contributed by atoms with Crippen molar-refractivity contribution in [3.63, 3.8) is 0 Å². The summed E-state index contributed by atoms with van der Waals surface area (Å²) in [6, 6.07) is 0. The van der Waals surface area contributed by atoms with Gasteiger partial charge >= 0.3 is 0 Å². The van der Waals surface area contributed by atoms with Crippen LogP contribution in [0.3, 0.4) is 0 Å². The highest BCUT2D eigenvalue weighted by Crippen LogP contribution is 2.38. The summed E-state index contributed by atoms with van der Waals surface area (Å²) in [5.74, 6) is 2.91. The molecule has 2 aliphatic rings. The van der Waals surface area contributed by atoms with Crippen LogP contribution in [0.4, 0.5) is 0 Å². The summed E-state index contributed by atoms with van der Waals surface area (Å²) in [4.78, 5) is 16.1. The van der Waals surface area contributed by atoms with Crippen molar-refractivity contribution in [1.29, 1.82) is 0 Å². The van der Waals surface area contributed by atoms with Crippen LogP contribution in [-0.2, 0) is 11.2 Å². The second-order valence-corrected chi connectivity index (χ2v) is 6.11. The van der Waals surface area contributed by atoms with Crippen molar-refractivity contribution >= 4 is 5.91 Å². The highest BCUT2D eigenvalue weighted by atomic mass is 16.5. The van der Waals surface area contributed by atoms with E-state index in [1.54, 1.807) is 0 Å². The van der Waals surface area contributed by atoms with Gasteiger partial charge in [0.05, 0.1) is 0 Å². The highest BCUT2D eigenvalue weighted by Gasteiger charge is 2.29. The summed E-state index contributed by atoms with van der Waals surface area (Å²) in [6.45, 7) is 0.604. The SMILES string of the molecule is O=C(CCC1CCCC1)NCCc1noc(C2CC2)n1. The first-order valence-electron chi connectivity index (χ1n) is 7.90. The van der Waals surface area contributed by atoms with E-state index in [0.29, 0.717) is 31.1 Å². The smallest absolute Gasteiger partial charge is 0.229 e. The van der Waals surface area contributed by atoms with E-state index in [1.807, 2.05) is 0 Å². The number of aromatic nitrogens is 2. The molecule has 0 radical (unpaired) electrons. The summed E-state index contributed by atoms with van der Waals surface area (Å²) in [6.07, 6.45) is 9.98. The topological polar surface area (TPSA) is 68.0 Å². The lowest BCUT2D eigenvalue weighted by Crippen LogP contribution is -2.26. The first kappa shape index (κ1) is 13.6. The first-order chi connectivity index (χ1) is 9.81. The van der Waals surface area contributed by atoms with Gasteiger partial charge in [0, 0.05) is 25.3 Å². The van der Waals surface area contributed by atoms with Gasteiger partial charge in [0.2, 0.25) is 11.8 Å². The maximum atomic E-state index is 11.7. The minimum atomic E-state index is 0.155. The zero-order valence-electron chi connectivity index (χ0n) is 11.9. The van der Waals surface area contributed by atoms with Gasteiger partial charge in [-0.3, -0.25) is 4.79 Å². The van der Waals surface area contributed by atoms with Crippen molar-refractivity contribution in [1.82, 2.24) is 15.5 Å². The van der Waals surface area contributed by atoms with Gasteiger partial charge in [-0.05, 0) is 25.2 Å². The van der Waals surface area contributed by atoms with Crippen LogP contribution in [0.5, 0.6) is 0 Å². The van der Waals surface area contributed by atoms with E-state index < -0.39 is 0 Å². The molecule has 1 amide bonds. The van der Waals surface area contributed by atoms with Gasteiger partial charge in [0.15, 0.2) is 5.82 Å². The molecule has 0 spiro atoms. The molecule has 0 unspecified atom stereocenters. The normalized spacial score (nSPS) is 19.4. The Bertz CT molecular complexity index is 448. The fourth-order valence-corrected chi connectivity index (χ4v) is 2.90. The average Bonchev–Trinajstić information content (AvgIpc) is 2.99. The maximum absolute atomic E-state index is 11.7. The van der Waals surface area contributed by atoms with E-state index in [1.165, 1.54) is 38.5 Å². The third-order valence-corrected chi connectivity index (χ3v) is 4.34. The lowest BCUT2D eigenvalue weighted by atomic mass is 10.0. The van der Waals surface area contributed by atoms with E-state index >= 15 is 0 Å². The van der Waals surface area contributed by atoms with E-state index in [4.69, 9.17) is 4.52 Å². The van der Waals surface area contributed by atoms with Crippen LogP contribution in [0.2, 0.25) is 0 Å². The Balaban J connectivity index is 1.30. The molecule has 1 heterocycles. The zero-order valence-corrected chi connectivity index (χ0v) is 11.9. The molecule has 1 N–H and O–H groups in total. The zero-order chi connectivity index (χ0) is 13.8. The van der Waals surface area contributed by atoms with Gasteiger partial charge in [0.1, 0.15) is 0 Å². The number of amides is 1. The monoisotopic (exact) mass is 277 g/mol. The van der Waals surface area contributed by atoms with Crippen LogP contribution < -0.4 is 5.32 Å². The molecular formula is C15H23N3O2. The third kappa shape index (κ3) is 3.81. The van der Waals surface area contributed by atoms with Crippen LogP contribution in [0.1, 0.15) is 69.0 Å². The minimum absolute atomic E-state index is 0.155. The molecule has 0 bridgehead atoms. The van der Waals surface area contributed by atoms with Gasteiger partial charge in [-0.1, -0.05) is 30.8 Å². The van der Waals surface area contributed by atoms with Crippen LogP contribution in [-0.4, -0.2) is 22.6 Å². The standard InChI is InChI=1S/C15H23N3O2/c19-14(8-5-11-3-1-2-4-11)16-10-9-13-17-15(20-18-13)12-6-7-12/h11-12H,1-10H2,(H,16,19). The lowest BCUT2D eigenvalue weighted by Gasteiger charge is -2.08. The predicted molar refractivity (Wildman–Crippen MR) is 74.2 cm³/mol. The number of carbonyl (C=O) groups is 1. The first-order valence-corrected chi connectivity index (χ1v) is 7.90. The maximum Gasteiger partial charge on any atom is 0.229 e. The molecule has 2 aliphatic carbocycles. The van der Waals surface area contributed by atoms with Crippen molar-refractivity contribution in [2.75, 3.05) is 6.54 Å². The van der Waals surface area contributed by atoms with Crippen molar-refractivity contribution < 1.29 is 9.32 Å². The van der Waals surface area contributed by atoms with Crippen molar-refractivity contribution in [3.8, 4) is 0 Å². The van der Waals surface area contributed by atoms with Crippen molar-refractivity contribution in [2.45, 2.75) is 63.7 Å². The van der Waals surface area contributed by atoms with Crippen molar-refractivity contribution in [3.05, 3.63) is 11.7 Å². The van der Waals surface area contributed by atoms with E-state index in [0.717, 1.165) is 18.2 Å². The molecule has 0 saturated heterocycles. The van der Waals surface area contributed by atoms with E-state index in [2.05, 4.69) is 15.5 Å². The second kappa shape index (κ2) is 6.37. The molecule has 3 rings (SSSR count). The molecule has 0 atom stereocenters. The molecule has 110 valence electrons. The molecule has 5 nitrogen and oxygen atoms in total. The van der Waals surface area contributed by atoms with Crippen LogP contribution in [0.15, 0.2) is 4.52 Å². The molecule has 0 aromatic carbocycles. The molecule has 0 aliphatic heterocycles. The van der Waals surface area contributed by atoms with Crippen LogP contribution in [0.25, 0.3) is 0 Å². The van der Waals surface area contributed by atoms with Gasteiger partial charge < -0.3 is 9.84 Å². The van der Waals surface area contributed by atoms with Crippen LogP contribution >= 0.6 is 0 Å². The third-order valence-electron chi connectivity index (χ3n) is 4.34. The van der Waals surface area contributed by atoms with E-state index in [9.17, 15) is 4.79 Å². The Kier molecular flexibility index (Phi) is 4.33. The van der Waals surface area contributed by atoms with Crippen LogP contribution in [0, 0.1) is 5.92 Å². The number of hydrogen-bond acceptors (Lipinski definition) is 4. The van der Waals surface area contributed by atoms with Gasteiger partial charge in [-0.2, -0.15) is 4.98 Å². The number of hydrogen-bond donors (Lipinski definition) is 1. The highest BCUT2D eigenvalue weighted by molar-refractivity contribution is 5.75. The van der Waals surface area contributed by atoms with Gasteiger partial charge in [0.25, 0.3) is 0 Å². The Hall–Kier alpha value is -1.39. The summed E-state index contributed by atoms with van der Waals surface area (Å²) in [7, 11) is 0. The second-order valence-electron chi connectivity index (χ2n) is 6.11. The number of rotatable bonds is 7. The fraction of sp³-hybridized carbons (Fsp3) is 0.800. The lowest BCUT2D eigenvalue weighted by molar-refractivity contribution is -0.121. The molecule has 5 heteroatoms. The summed E-state index contributed by atoms with van der Waals surface area (Å²) >= 11 is 0. The molecule has 1 aromatic heterocycles. The Labute approximate surface area is 119 Å². The summed E-state index contributed by atoms with van der Waals surface area (Å²) in [5, 5.41) is 6.89. The fourth-order valence-electron chi connectivity index (χ4n) is 2.90. The quantitative estimate of drug-likeness (QED) is 0.831. The molecule has 2 fully saturated rings. The molecule has 20 heavy (non-hydrogen) atoms. The molecule has 1 aromatic rings. The number of nitrogens with one attached hydrogen (secondary N) is 1. The molecular weight excluding hydrogens is 254 g/mol. The van der Waals surface area contributed by atoms with Gasteiger partial charge in [-0.15, -0.1) is 0 Å². The largest absolute Gasteiger partial charge is 0.356 e. The summed E-state index contributed by atoms with van der Waals surface area (Å²) < 4.78 is 5.19. The summed E-state index contributed by atoms with van der Waals surface area (Å²) in [5.41, 5.74) is 0. The Morgan fingerprint density at radius 3 is 2.80 bits per heavy atom.